The zero-order valence-electron chi connectivity index (χ0n) is 23.8. The third kappa shape index (κ3) is 11.0. The zero-order valence-corrected chi connectivity index (χ0v) is 24.7. The molecular weight excluding hydrogens is 571 g/mol. The number of unbranched alkanes of at least 4 members (excludes halogenated alkanes) is 6. The highest BCUT2D eigenvalue weighted by atomic mass is 31.2. The summed E-state index contributed by atoms with van der Waals surface area (Å²) in [7, 11) is -4.49. The van der Waals surface area contributed by atoms with Crippen molar-refractivity contribution in [3.8, 4) is 0 Å². The highest BCUT2D eigenvalue weighted by Gasteiger charge is 2.46. The van der Waals surface area contributed by atoms with Crippen LogP contribution in [0.15, 0.2) is 43.5 Å². The van der Waals surface area contributed by atoms with Gasteiger partial charge in [-0.3, -0.25) is 13.6 Å². The van der Waals surface area contributed by atoms with Crippen molar-refractivity contribution in [1.82, 2.24) is 29.5 Å². The molecule has 12 nitrogen and oxygen atoms in total. The van der Waals surface area contributed by atoms with Crippen LogP contribution in [0.25, 0.3) is 4.85 Å². The molecular formula is C27H38F2N7O5P. The largest absolute Gasteiger partial charge is 0.476 e. The quantitative estimate of drug-likeness (QED) is 0.0816. The van der Waals surface area contributed by atoms with E-state index < -0.39 is 25.1 Å². The molecule has 0 N–H and O–H groups in total. The fourth-order valence-corrected chi connectivity index (χ4v) is 5.74. The number of hydrogen-bond donors (Lipinski definition) is 0. The molecule has 2 aromatic heterocycles. The van der Waals surface area contributed by atoms with Crippen molar-refractivity contribution in [2.24, 2.45) is 0 Å². The molecule has 0 aliphatic rings. The number of halogens is 2. The number of phosphoric acid groups is 1. The summed E-state index contributed by atoms with van der Waals surface area (Å²) in [6, 6.07) is 2.94. The fourth-order valence-electron chi connectivity index (χ4n) is 4.31. The van der Waals surface area contributed by atoms with E-state index in [9.17, 15) is 8.96 Å². The van der Waals surface area contributed by atoms with E-state index in [2.05, 4.69) is 31.9 Å². The average Bonchev–Trinajstić information content (AvgIpc) is 3.66. The Morgan fingerprint density at radius 3 is 2.14 bits per heavy atom. The number of rotatable bonds is 22. The van der Waals surface area contributed by atoms with Crippen molar-refractivity contribution >= 4 is 7.82 Å². The summed E-state index contributed by atoms with van der Waals surface area (Å²) in [6.07, 6.45) is 13.3. The maximum atomic E-state index is 15.4. The molecule has 0 saturated heterocycles. The van der Waals surface area contributed by atoms with E-state index in [-0.39, 0.29) is 45.0 Å². The minimum absolute atomic E-state index is 0.111. The lowest BCUT2D eigenvalue weighted by molar-refractivity contribution is -0.0298. The smallest absolute Gasteiger partial charge is 0.379 e. The van der Waals surface area contributed by atoms with Gasteiger partial charge in [0.25, 0.3) is 0 Å². The molecule has 0 aliphatic carbocycles. The van der Waals surface area contributed by atoms with Crippen LogP contribution in [0.3, 0.4) is 0 Å². The molecule has 0 radical (unpaired) electrons. The molecule has 0 saturated carbocycles. The Kier molecular flexibility index (Phi) is 14.1. The third-order valence-corrected chi connectivity index (χ3v) is 7.87. The number of benzene rings is 1. The van der Waals surface area contributed by atoms with Crippen LogP contribution in [-0.4, -0.2) is 62.5 Å². The molecule has 2 heterocycles. The van der Waals surface area contributed by atoms with Crippen LogP contribution in [0.2, 0.25) is 0 Å². The van der Waals surface area contributed by atoms with E-state index in [1.165, 1.54) is 66.4 Å². The molecule has 1 unspecified atom stereocenters. The molecule has 230 valence electrons. The highest BCUT2D eigenvalue weighted by molar-refractivity contribution is 7.48. The van der Waals surface area contributed by atoms with Gasteiger partial charge in [-0.05, 0) is 12.5 Å². The van der Waals surface area contributed by atoms with Crippen molar-refractivity contribution < 1.29 is 31.7 Å². The third-order valence-electron chi connectivity index (χ3n) is 6.30. The van der Waals surface area contributed by atoms with Gasteiger partial charge in [-0.1, -0.05) is 51.5 Å². The van der Waals surface area contributed by atoms with Gasteiger partial charge in [0.15, 0.2) is 0 Å². The molecule has 15 heteroatoms. The van der Waals surface area contributed by atoms with Crippen molar-refractivity contribution in [2.75, 3.05) is 33.0 Å². The van der Waals surface area contributed by atoms with Gasteiger partial charge in [-0.2, -0.15) is 10.2 Å². The topological polar surface area (TPSA) is 120 Å². The van der Waals surface area contributed by atoms with E-state index >= 15 is 4.39 Å². The van der Waals surface area contributed by atoms with Crippen LogP contribution >= 0.6 is 7.82 Å². The molecule has 42 heavy (non-hydrogen) atoms. The molecule has 0 spiro atoms. The van der Waals surface area contributed by atoms with Crippen LogP contribution in [0, 0.1) is 18.2 Å². The second-order valence-electron chi connectivity index (χ2n) is 9.62. The maximum absolute atomic E-state index is 15.4. The zero-order chi connectivity index (χ0) is 30.1. The number of ether oxygens (including phenoxy) is 1. The molecule has 0 fully saturated rings. The summed E-state index contributed by atoms with van der Waals surface area (Å²) >= 11 is 0. The van der Waals surface area contributed by atoms with Gasteiger partial charge < -0.3 is 9.58 Å². The Hall–Kier alpha value is -3.08. The Labute approximate surface area is 244 Å². The van der Waals surface area contributed by atoms with Crippen molar-refractivity contribution in [1.29, 1.82) is 0 Å². The van der Waals surface area contributed by atoms with Crippen LogP contribution in [0.1, 0.15) is 57.4 Å². The van der Waals surface area contributed by atoms with Gasteiger partial charge in [0.1, 0.15) is 49.2 Å². The first-order chi connectivity index (χ1) is 20.4. The Balaban J connectivity index is 1.79. The summed E-state index contributed by atoms with van der Waals surface area (Å²) < 4.78 is 69.0. The summed E-state index contributed by atoms with van der Waals surface area (Å²) in [5.74, 6) is -1.77. The van der Waals surface area contributed by atoms with E-state index in [1.807, 2.05) is 0 Å². The van der Waals surface area contributed by atoms with Crippen LogP contribution in [-0.2, 0) is 41.6 Å². The molecule has 3 rings (SSSR count). The van der Waals surface area contributed by atoms with E-state index in [4.69, 9.17) is 24.9 Å². The first-order valence-corrected chi connectivity index (χ1v) is 15.5. The monoisotopic (exact) mass is 609 g/mol. The standard InChI is InChI=1S/C27H38F2N7O5P/c1-3-4-5-6-7-8-9-13-38-15-16-40-42(37,39-14-12-30-2)41-27(18-35-22-31-20-33-35,19-36-23-32-21-34-36)25-11-10-24(28)17-26(25)29/h10-11,17,20-23H,3-9,12-16,18-19H2,1H3. The van der Waals surface area contributed by atoms with Crippen molar-refractivity contribution in [2.45, 2.75) is 70.6 Å². The van der Waals surface area contributed by atoms with E-state index in [0.29, 0.717) is 12.7 Å². The Bertz CT molecular complexity index is 1220. The first-order valence-electron chi connectivity index (χ1n) is 14.0. The number of phosphoric ester groups is 1. The van der Waals surface area contributed by atoms with E-state index in [1.54, 1.807) is 0 Å². The lowest BCUT2D eigenvalue weighted by Crippen LogP contribution is -2.40. The van der Waals surface area contributed by atoms with Crippen molar-refractivity contribution in [3.63, 3.8) is 0 Å². The van der Waals surface area contributed by atoms with Gasteiger partial charge in [0.2, 0.25) is 6.54 Å². The highest BCUT2D eigenvalue weighted by Crippen LogP contribution is 2.56. The number of hydrogen-bond acceptors (Lipinski definition) is 9. The summed E-state index contributed by atoms with van der Waals surface area (Å²) in [5.41, 5.74) is -2.01. The van der Waals surface area contributed by atoms with Crippen LogP contribution in [0.4, 0.5) is 8.78 Å². The average molecular weight is 610 g/mol. The predicted molar refractivity (Wildman–Crippen MR) is 149 cm³/mol. The lowest BCUT2D eigenvalue weighted by Gasteiger charge is -2.36. The Morgan fingerprint density at radius 1 is 0.905 bits per heavy atom. The molecule has 0 aliphatic heterocycles. The second-order valence-corrected chi connectivity index (χ2v) is 11.2. The first kappa shape index (κ1) is 33.4. The number of aromatic nitrogens is 6. The predicted octanol–water partition coefficient (Wildman–Crippen LogP) is 5.59. The normalized spacial score (nSPS) is 13.2. The van der Waals surface area contributed by atoms with Crippen molar-refractivity contribution in [3.05, 3.63) is 72.1 Å². The molecule has 1 aromatic carbocycles. The molecule has 0 amide bonds. The number of nitrogens with zero attached hydrogens (tertiary/aromatic N) is 7. The summed E-state index contributed by atoms with van der Waals surface area (Å²) in [4.78, 5) is 11.1. The van der Waals surface area contributed by atoms with Crippen LogP contribution in [0.5, 0.6) is 0 Å². The summed E-state index contributed by atoms with van der Waals surface area (Å²) in [5, 5.41) is 8.19. The molecule has 1 atom stereocenters. The van der Waals surface area contributed by atoms with Gasteiger partial charge in [0, 0.05) is 18.2 Å². The minimum atomic E-state index is -4.49. The molecule has 3 aromatic rings. The molecule has 0 bridgehead atoms. The van der Waals surface area contributed by atoms with Crippen LogP contribution < -0.4 is 0 Å². The maximum Gasteiger partial charge on any atom is 0.476 e. The lowest BCUT2D eigenvalue weighted by atomic mass is 9.93. The SMILES string of the molecule is [C-]#[N+]CCOP(=O)(OCCOCCCCCCCCC)OC(Cn1cncn1)(Cn1cncn1)c1ccc(F)cc1F. The van der Waals surface area contributed by atoms with Gasteiger partial charge in [0.05, 0.1) is 26.3 Å². The Morgan fingerprint density at radius 2 is 1.55 bits per heavy atom. The summed E-state index contributed by atoms with van der Waals surface area (Å²) in [6.45, 7) is 8.87. The minimum Gasteiger partial charge on any atom is -0.379 e. The van der Waals surface area contributed by atoms with Gasteiger partial charge in [-0.25, -0.2) is 39.2 Å². The fraction of sp³-hybridized carbons (Fsp3) is 0.593. The van der Waals surface area contributed by atoms with Gasteiger partial charge >= 0.3 is 7.82 Å². The second kappa shape index (κ2) is 17.8. The van der Waals surface area contributed by atoms with Gasteiger partial charge in [-0.15, -0.1) is 0 Å². The van der Waals surface area contributed by atoms with E-state index in [0.717, 1.165) is 25.3 Å².